The normalized spacial score (nSPS) is 20.0. The van der Waals surface area contributed by atoms with Crippen LogP contribution in [0.5, 0.6) is 17.2 Å². The number of nitrogens with zero attached hydrogens (tertiary/aromatic N) is 1. The zero-order valence-corrected chi connectivity index (χ0v) is 28.6. The Balaban J connectivity index is 1.44. The fraction of sp³-hybridized carbons (Fsp3) is 0.529. The zero-order chi connectivity index (χ0) is 34.0. The number of nitrogens with two attached hydrogens (primary N) is 1. The van der Waals surface area contributed by atoms with Crippen molar-refractivity contribution >= 4 is 34.7 Å². The Morgan fingerprint density at radius 1 is 1.15 bits per heavy atom. The third-order valence-electron chi connectivity index (χ3n) is 8.90. The summed E-state index contributed by atoms with van der Waals surface area (Å²) in [6.45, 7) is 13.9. The van der Waals surface area contributed by atoms with E-state index >= 15 is 0 Å². The minimum Gasteiger partial charge on any atom is -0.507 e. The second-order valence-electron chi connectivity index (χ2n) is 13.4. The summed E-state index contributed by atoms with van der Waals surface area (Å²) in [5.41, 5.74) is 8.65. The van der Waals surface area contributed by atoms with Gasteiger partial charge in [0.15, 0.2) is 5.60 Å². The minimum absolute atomic E-state index is 0.188. The van der Waals surface area contributed by atoms with Gasteiger partial charge in [-0.1, -0.05) is 44.7 Å². The summed E-state index contributed by atoms with van der Waals surface area (Å²) >= 11 is 0.991. The molecule has 4 amide bonds. The number of benzene rings is 2. The number of thioether (sulfide) groups is 1. The average Bonchev–Trinajstić information content (AvgIpc) is 3.33. The van der Waals surface area contributed by atoms with E-state index in [4.69, 9.17) is 15.2 Å². The molecule has 3 atom stereocenters. The van der Waals surface area contributed by atoms with Crippen molar-refractivity contribution in [1.29, 1.82) is 0 Å². The molecule has 2 aromatic carbocycles. The van der Waals surface area contributed by atoms with Crippen molar-refractivity contribution in [3.8, 4) is 17.2 Å². The lowest BCUT2D eigenvalue weighted by Gasteiger charge is -2.39. The van der Waals surface area contributed by atoms with E-state index in [9.17, 15) is 24.3 Å². The molecule has 12 heteroatoms. The maximum Gasteiger partial charge on any atom is 0.286 e. The van der Waals surface area contributed by atoms with Crippen LogP contribution in [0.1, 0.15) is 61.9 Å². The van der Waals surface area contributed by atoms with Gasteiger partial charge in [-0.15, -0.1) is 0 Å². The zero-order valence-electron chi connectivity index (χ0n) is 27.7. The van der Waals surface area contributed by atoms with Crippen LogP contribution < -0.4 is 25.8 Å². The molecule has 0 aromatic heterocycles. The van der Waals surface area contributed by atoms with Gasteiger partial charge in [0.25, 0.3) is 11.1 Å². The molecule has 5 N–H and O–H groups in total. The van der Waals surface area contributed by atoms with Crippen molar-refractivity contribution in [2.75, 3.05) is 26.2 Å². The Hall–Kier alpha value is -3.77. The van der Waals surface area contributed by atoms with Gasteiger partial charge in [0.1, 0.15) is 23.9 Å². The number of imide groups is 1. The van der Waals surface area contributed by atoms with Crippen LogP contribution >= 0.6 is 11.8 Å². The van der Waals surface area contributed by atoms with E-state index in [0.29, 0.717) is 30.8 Å². The summed E-state index contributed by atoms with van der Waals surface area (Å²) in [4.78, 5) is 51.9. The first-order chi connectivity index (χ1) is 21.5. The first-order valence-corrected chi connectivity index (χ1v) is 16.5. The predicted molar refractivity (Wildman–Crippen MR) is 177 cm³/mol. The third-order valence-corrected chi connectivity index (χ3v) is 9.88. The number of fused-ring (bicyclic) bond motifs is 1. The van der Waals surface area contributed by atoms with E-state index in [1.165, 1.54) is 0 Å². The first kappa shape index (κ1) is 35.1. The number of hydrogen-bond acceptors (Lipinski definition) is 9. The molecule has 0 radical (unpaired) electrons. The van der Waals surface area contributed by atoms with Gasteiger partial charge in [0.2, 0.25) is 11.8 Å². The second-order valence-corrected chi connectivity index (χ2v) is 14.5. The van der Waals surface area contributed by atoms with Gasteiger partial charge in [-0.3, -0.25) is 24.5 Å². The van der Waals surface area contributed by atoms with Crippen LogP contribution in [0.25, 0.3) is 0 Å². The number of amides is 4. The fourth-order valence-electron chi connectivity index (χ4n) is 5.60. The summed E-state index contributed by atoms with van der Waals surface area (Å²) in [6, 6.07) is 6.58. The quantitative estimate of drug-likeness (QED) is 0.283. The van der Waals surface area contributed by atoms with Crippen LogP contribution in [-0.4, -0.2) is 76.1 Å². The molecule has 3 unspecified atom stereocenters. The highest BCUT2D eigenvalue weighted by molar-refractivity contribution is 8.15. The molecule has 0 bridgehead atoms. The molecule has 0 spiro atoms. The lowest BCUT2D eigenvalue weighted by atomic mass is 9.86. The number of carbonyl (C=O) groups excluding carboxylic acids is 4. The van der Waals surface area contributed by atoms with Crippen LogP contribution in [0.3, 0.4) is 0 Å². The molecule has 2 aliphatic rings. The molecule has 4 rings (SSSR count). The van der Waals surface area contributed by atoms with E-state index < -0.39 is 22.3 Å². The molecule has 250 valence electrons. The topological polar surface area (TPSA) is 160 Å². The Bertz CT molecular complexity index is 1500. The lowest BCUT2D eigenvalue weighted by Crippen LogP contribution is -2.55. The minimum atomic E-state index is -1.16. The molecule has 11 nitrogen and oxygen atoms in total. The molecule has 0 saturated carbocycles. The Kier molecular flexibility index (Phi) is 10.6. The van der Waals surface area contributed by atoms with Crippen molar-refractivity contribution in [2.24, 2.45) is 11.1 Å². The molecule has 2 heterocycles. The smallest absolute Gasteiger partial charge is 0.286 e. The average molecular weight is 655 g/mol. The standard InChI is InChI=1S/C34H46N4O7S/c1-19-20(2)27-24(21(3)26(19)39)12-13-34(7,45-27)31(42)38(15-14-36-30(41)28(35)33(4,5)6)16-17-44-23-10-8-22(9-11-23)18-25-29(40)37-32(43)46-25/h8-11,25,28,39H,12-18,35H2,1-7H3,(H,36,41)(H,37,40,43). The Morgan fingerprint density at radius 2 is 1.83 bits per heavy atom. The van der Waals surface area contributed by atoms with Gasteiger partial charge in [-0.2, -0.15) is 0 Å². The van der Waals surface area contributed by atoms with Crippen molar-refractivity contribution in [2.45, 2.75) is 84.6 Å². The van der Waals surface area contributed by atoms with Gasteiger partial charge in [0, 0.05) is 25.1 Å². The summed E-state index contributed by atoms with van der Waals surface area (Å²) in [5, 5.41) is 15.0. The number of hydrogen-bond donors (Lipinski definition) is 4. The van der Waals surface area contributed by atoms with Crippen LogP contribution in [0.15, 0.2) is 24.3 Å². The summed E-state index contributed by atoms with van der Waals surface area (Å²) in [6.07, 6.45) is 1.42. The van der Waals surface area contributed by atoms with E-state index in [2.05, 4.69) is 10.6 Å². The van der Waals surface area contributed by atoms with Gasteiger partial charge in [-0.05, 0) is 80.3 Å². The molecular formula is C34H46N4O7S. The van der Waals surface area contributed by atoms with Crippen molar-refractivity contribution < 1.29 is 33.8 Å². The van der Waals surface area contributed by atoms with Gasteiger partial charge >= 0.3 is 0 Å². The third kappa shape index (κ3) is 7.78. The number of aromatic hydroxyl groups is 1. The van der Waals surface area contributed by atoms with Crippen molar-refractivity contribution in [1.82, 2.24) is 15.5 Å². The second kappa shape index (κ2) is 13.9. The van der Waals surface area contributed by atoms with Gasteiger partial charge in [-0.25, -0.2) is 0 Å². The molecule has 46 heavy (non-hydrogen) atoms. The molecule has 2 aromatic rings. The highest BCUT2D eigenvalue weighted by Gasteiger charge is 2.43. The first-order valence-electron chi connectivity index (χ1n) is 15.6. The van der Waals surface area contributed by atoms with Crippen LogP contribution in [0, 0.1) is 26.2 Å². The molecule has 2 aliphatic heterocycles. The Labute approximate surface area is 274 Å². The molecule has 1 saturated heterocycles. The summed E-state index contributed by atoms with van der Waals surface area (Å²) in [5.74, 6) is 0.683. The fourth-order valence-corrected chi connectivity index (χ4v) is 6.46. The predicted octanol–water partition coefficient (Wildman–Crippen LogP) is 3.69. The maximum atomic E-state index is 14.1. The van der Waals surface area contributed by atoms with Crippen molar-refractivity contribution in [3.05, 3.63) is 52.1 Å². The number of rotatable bonds is 11. The van der Waals surface area contributed by atoms with E-state index in [0.717, 1.165) is 39.6 Å². The largest absolute Gasteiger partial charge is 0.507 e. The SMILES string of the molecule is Cc1c(C)c2c(c(C)c1O)CCC(C)(C(=O)N(CCNC(=O)C(N)C(C)(C)C)CCOc1ccc(CC3SC(=O)NC3=O)cc1)O2. The maximum absolute atomic E-state index is 14.1. The lowest BCUT2D eigenvalue weighted by molar-refractivity contribution is -0.149. The van der Waals surface area contributed by atoms with Gasteiger partial charge in [0.05, 0.1) is 17.8 Å². The highest BCUT2D eigenvalue weighted by atomic mass is 32.2. The van der Waals surface area contributed by atoms with Crippen LogP contribution in [0.2, 0.25) is 0 Å². The van der Waals surface area contributed by atoms with E-state index in [-0.39, 0.29) is 55.0 Å². The number of phenols is 1. The van der Waals surface area contributed by atoms with E-state index in [1.54, 1.807) is 24.0 Å². The van der Waals surface area contributed by atoms with Crippen LogP contribution in [-0.2, 0) is 27.2 Å². The Morgan fingerprint density at radius 3 is 2.43 bits per heavy atom. The monoisotopic (exact) mass is 654 g/mol. The van der Waals surface area contributed by atoms with Gasteiger partial charge < -0.3 is 30.5 Å². The highest BCUT2D eigenvalue weighted by Crippen LogP contribution is 2.43. The summed E-state index contributed by atoms with van der Waals surface area (Å²) in [7, 11) is 0. The summed E-state index contributed by atoms with van der Waals surface area (Å²) < 4.78 is 12.5. The number of carbonyl (C=O) groups is 4. The molecule has 1 fully saturated rings. The molecule has 0 aliphatic carbocycles. The van der Waals surface area contributed by atoms with Crippen molar-refractivity contribution in [3.63, 3.8) is 0 Å². The molecular weight excluding hydrogens is 608 g/mol. The van der Waals surface area contributed by atoms with Crippen LogP contribution in [0.4, 0.5) is 4.79 Å². The van der Waals surface area contributed by atoms with E-state index in [1.807, 2.05) is 53.7 Å². The number of nitrogens with one attached hydrogen (secondary N) is 2. The number of phenolic OH excluding ortho intramolecular Hbond substituents is 1. The number of ether oxygens (including phenoxy) is 2.